The minimum Gasteiger partial charge on any atom is -0.497 e. The Balaban J connectivity index is 1.50. The lowest BCUT2D eigenvalue weighted by molar-refractivity contribution is -0.147. The maximum Gasteiger partial charge on any atom is 0.332 e. The fourth-order valence-electron chi connectivity index (χ4n) is 7.22. The SMILES string of the molecule is CC[C@@]12C(=O)N(c3ccc(OC)cc3)C(=O)N1C(c1ccc(Cl)cc1)C1C(=O)N(C3CCCCC3)C(=O)C12. The number of carbonyl (C=O) groups excluding carboxylic acids is 4. The van der Waals surface area contributed by atoms with Gasteiger partial charge in [-0.15, -0.1) is 0 Å². The van der Waals surface area contributed by atoms with Gasteiger partial charge in [0, 0.05) is 11.1 Å². The van der Waals surface area contributed by atoms with E-state index in [1.54, 1.807) is 55.6 Å². The summed E-state index contributed by atoms with van der Waals surface area (Å²) in [5.41, 5.74) is -0.373. The van der Waals surface area contributed by atoms with Gasteiger partial charge in [-0.3, -0.25) is 19.3 Å². The largest absolute Gasteiger partial charge is 0.497 e. The van der Waals surface area contributed by atoms with Crippen molar-refractivity contribution in [2.75, 3.05) is 12.0 Å². The average Bonchev–Trinajstić information content (AvgIpc) is 3.47. The van der Waals surface area contributed by atoms with E-state index >= 15 is 0 Å². The topological polar surface area (TPSA) is 87.2 Å². The second-order valence-corrected chi connectivity index (χ2v) is 11.0. The predicted molar refractivity (Wildman–Crippen MR) is 141 cm³/mol. The summed E-state index contributed by atoms with van der Waals surface area (Å²) >= 11 is 6.17. The number of urea groups is 1. The summed E-state index contributed by atoms with van der Waals surface area (Å²) in [4.78, 5) is 60.8. The van der Waals surface area contributed by atoms with E-state index in [1.165, 1.54) is 9.80 Å². The molecule has 3 aliphatic heterocycles. The summed E-state index contributed by atoms with van der Waals surface area (Å²) in [6, 6.07) is 12.2. The van der Waals surface area contributed by atoms with Crippen molar-refractivity contribution in [3.63, 3.8) is 0 Å². The van der Waals surface area contributed by atoms with Crippen LogP contribution in [0.1, 0.15) is 57.1 Å². The second kappa shape index (κ2) is 9.12. The third-order valence-electron chi connectivity index (χ3n) is 8.94. The highest BCUT2D eigenvalue weighted by Crippen LogP contribution is 2.60. The van der Waals surface area contributed by atoms with Crippen LogP contribution in [0.2, 0.25) is 5.02 Å². The molecule has 4 aliphatic rings. The summed E-state index contributed by atoms with van der Waals surface area (Å²) in [7, 11) is 1.54. The summed E-state index contributed by atoms with van der Waals surface area (Å²) in [5, 5.41) is 0.520. The third kappa shape index (κ3) is 3.28. The molecule has 1 aliphatic carbocycles. The Labute approximate surface area is 226 Å². The molecule has 0 spiro atoms. The Bertz CT molecular complexity index is 1310. The van der Waals surface area contributed by atoms with E-state index in [1.807, 2.05) is 6.92 Å². The van der Waals surface area contributed by atoms with Crippen LogP contribution in [0.4, 0.5) is 10.5 Å². The van der Waals surface area contributed by atoms with Crippen LogP contribution >= 0.6 is 11.6 Å². The monoisotopic (exact) mass is 535 g/mol. The zero-order chi connectivity index (χ0) is 26.8. The van der Waals surface area contributed by atoms with Gasteiger partial charge in [0.1, 0.15) is 11.3 Å². The Hall–Kier alpha value is -3.39. The van der Waals surface area contributed by atoms with Gasteiger partial charge >= 0.3 is 6.03 Å². The number of halogens is 1. The zero-order valence-corrected chi connectivity index (χ0v) is 22.2. The van der Waals surface area contributed by atoms with Crippen molar-refractivity contribution in [3.05, 3.63) is 59.1 Å². The second-order valence-electron chi connectivity index (χ2n) is 10.6. The standard InChI is InChI=1S/C29H30ClN3O5/c1-3-29-23-22(25(34)31(26(23)35)19-7-5-4-6-8-19)24(17-9-11-18(30)12-10-17)33(29)28(37)32(27(29)36)20-13-15-21(38-2)16-14-20/h9-16,19,22-24H,3-8H2,1-2H3/t22?,23?,24?,29-/m1/s1. The number of likely N-dealkylation sites (tertiary alicyclic amines) is 1. The molecule has 0 N–H and O–H groups in total. The first-order valence-electron chi connectivity index (χ1n) is 13.3. The van der Waals surface area contributed by atoms with Gasteiger partial charge in [-0.05, 0) is 61.2 Å². The molecule has 5 amide bonds. The molecule has 3 saturated heterocycles. The number of hydrogen-bond acceptors (Lipinski definition) is 5. The number of anilines is 1. The van der Waals surface area contributed by atoms with Crippen LogP contribution in [0, 0.1) is 11.8 Å². The number of methoxy groups -OCH3 is 1. The normalized spacial score (nSPS) is 29.3. The Kier molecular flexibility index (Phi) is 5.98. The number of benzene rings is 2. The van der Waals surface area contributed by atoms with Crippen LogP contribution in [0.25, 0.3) is 0 Å². The first-order chi connectivity index (χ1) is 18.3. The first-order valence-corrected chi connectivity index (χ1v) is 13.7. The molecule has 8 nitrogen and oxygen atoms in total. The number of ether oxygens (including phenoxy) is 1. The maximum atomic E-state index is 14.3. The van der Waals surface area contributed by atoms with Crippen LogP contribution in [-0.2, 0) is 14.4 Å². The summed E-state index contributed by atoms with van der Waals surface area (Å²) < 4.78 is 5.24. The number of nitrogens with zero attached hydrogens (tertiary/aromatic N) is 3. The van der Waals surface area contributed by atoms with Crippen molar-refractivity contribution in [2.24, 2.45) is 11.8 Å². The zero-order valence-electron chi connectivity index (χ0n) is 21.4. The molecular weight excluding hydrogens is 506 g/mol. The number of carbonyl (C=O) groups is 4. The predicted octanol–water partition coefficient (Wildman–Crippen LogP) is 4.95. The molecule has 0 bridgehead atoms. The summed E-state index contributed by atoms with van der Waals surface area (Å²) in [6.45, 7) is 1.82. The van der Waals surface area contributed by atoms with Gasteiger partial charge in [0.2, 0.25) is 11.8 Å². The molecule has 0 aromatic heterocycles. The van der Waals surface area contributed by atoms with Crippen LogP contribution in [0.3, 0.4) is 0 Å². The molecular formula is C29H30ClN3O5. The average molecular weight is 536 g/mol. The van der Waals surface area contributed by atoms with Gasteiger partial charge < -0.3 is 9.64 Å². The van der Waals surface area contributed by atoms with Crippen LogP contribution in [-0.4, -0.2) is 52.2 Å². The lowest BCUT2D eigenvalue weighted by Gasteiger charge is -2.37. The van der Waals surface area contributed by atoms with Crippen molar-refractivity contribution in [1.29, 1.82) is 0 Å². The van der Waals surface area contributed by atoms with Gasteiger partial charge in [-0.2, -0.15) is 0 Å². The number of rotatable bonds is 5. The molecule has 0 radical (unpaired) electrons. The quantitative estimate of drug-likeness (QED) is 0.399. The minimum absolute atomic E-state index is 0.160. The molecule has 4 fully saturated rings. The molecule has 198 valence electrons. The van der Waals surface area contributed by atoms with E-state index in [-0.39, 0.29) is 24.3 Å². The van der Waals surface area contributed by atoms with Gasteiger partial charge in [0.05, 0.1) is 30.7 Å². The number of hydrogen-bond donors (Lipinski definition) is 0. The fraction of sp³-hybridized carbons (Fsp3) is 0.448. The van der Waals surface area contributed by atoms with Crippen molar-refractivity contribution < 1.29 is 23.9 Å². The molecule has 2 aromatic carbocycles. The Morgan fingerprint density at radius 2 is 1.58 bits per heavy atom. The van der Waals surface area contributed by atoms with Gasteiger partial charge in [-0.1, -0.05) is 49.9 Å². The van der Waals surface area contributed by atoms with E-state index in [0.717, 1.165) is 37.0 Å². The summed E-state index contributed by atoms with van der Waals surface area (Å²) in [6.07, 6.45) is 4.78. The third-order valence-corrected chi connectivity index (χ3v) is 9.19. The van der Waals surface area contributed by atoms with Crippen LogP contribution in [0.5, 0.6) is 5.75 Å². The Morgan fingerprint density at radius 3 is 2.18 bits per heavy atom. The molecule has 4 atom stereocenters. The van der Waals surface area contributed by atoms with E-state index < -0.39 is 35.4 Å². The minimum atomic E-state index is -1.46. The smallest absolute Gasteiger partial charge is 0.332 e. The summed E-state index contributed by atoms with van der Waals surface area (Å²) in [5.74, 6) is -2.23. The van der Waals surface area contributed by atoms with Crippen molar-refractivity contribution >= 4 is 41.0 Å². The van der Waals surface area contributed by atoms with Crippen molar-refractivity contribution in [3.8, 4) is 5.75 Å². The van der Waals surface area contributed by atoms with Gasteiger partial charge in [0.15, 0.2) is 0 Å². The highest BCUT2D eigenvalue weighted by atomic mass is 35.5. The fourth-order valence-corrected chi connectivity index (χ4v) is 7.35. The molecule has 9 heteroatoms. The number of amides is 5. The van der Waals surface area contributed by atoms with Crippen LogP contribution in [0.15, 0.2) is 48.5 Å². The van der Waals surface area contributed by atoms with E-state index in [9.17, 15) is 19.2 Å². The molecule has 38 heavy (non-hydrogen) atoms. The van der Waals surface area contributed by atoms with Crippen molar-refractivity contribution in [1.82, 2.24) is 9.80 Å². The maximum absolute atomic E-state index is 14.3. The van der Waals surface area contributed by atoms with Gasteiger partial charge in [0.25, 0.3) is 5.91 Å². The lowest BCUT2D eigenvalue weighted by atomic mass is 9.77. The number of imide groups is 2. The van der Waals surface area contributed by atoms with Gasteiger partial charge in [-0.25, -0.2) is 9.69 Å². The first kappa shape index (κ1) is 24.9. The number of fused-ring (bicyclic) bond motifs is 3. The van der Waals surface area contributed by atoms with E-state index in [4.69, 9.17) is 16.3 Å². The molecule has 1 saturated carbocycles. The highest BCUT2D eigenvalue weighted by Gasteiger charge is 2.77. The molecule has 2 aromatic rings. The highest BCUT2D eigenvalue weighted by molar-refractivity contribution is 6.30. The van der Waals surface area contributed by atoms with E-state index in [0.29, 0.717) is 22.0 Å². The Morgan fingerprint density at radius 1 is 0.921 bits per heavy atom. The molecule has 3 heterocycles. The molecule has 3 unspecified atom stereocenters. The van der Waals surface area contributed by atoms with E-state index in [2.05, 4.69) is 0 Å². The van der Waals surface area contributed by atoms with Crippen LogP contribution < -0.4 is 9.64 Å². The van der Waals surface area contributed by atoms with Crippen molar-refractivity contribution in [2.45, 2.75) is 63.1 Å². The lowest BCUT2D eigenvalue weighted by Crippen LogP contribution is -2.54. The molecule has 6 rings (SSSR count).